The fourth-order valence-electron chi connectivity index (χ4n) is 0.890. The molecular formula is C9H17NO4. The number of hydrogen-bond donors (Lipinski definition) is 3. The van der Waals surface area contributed by atoms with E-state index < -0.39 is 11.7 Å². The van der Waals surface area contributed by atoms with Gasteiger partial charge in [-0.05, 0) is 19.3 Å². The van der Waals surface area contributed by atoms with Crippen molar-refractivity contribution in [2.45, 2.75) is 25.7 Å². The van der Waals surface area contributed by atoms with E-state index in [0.29, 0.717) is 25.8 Å². The molecule has 0 aromatic heterocycles. The van der Waals surface area contributed by atoms with Crippen LogP contribution in [0.4, 0.5) is 0 Å². The SMILES string of the molecule is O=C(CCCCO)C(=O)NCCCO. The molecule has 0 saturated carbocycles. The maximum Gasteiger partial charge on any atom is 0.287 e. The molecule has 14 heavy (non-hydrogen) atoms. The molecule has 1 amide bonds. The second-order valence-corrected chi connectivity index (χ2v) is 2.94. The van der Waals surface area contributed by atoms with E-state index in [2.05, 4.69) is 5.32 Å². The van der Waals surface area contributed by atoms with Crippen LogP contribution in [0.3, 0.4) is 0 Å². The number of Topliss-reactive ketones (excluding diaryl/α,β-unsaturated/α-hetero) is 1. The van der Waals surface area contributed by atoms with Gasteiger partial charge in [-0.1, -0.05) is 0 Å². The van der Waals surface area contributed by atoms with Crippen LogP contribution in [0.2, 0.25) is 0 Å². The van der Waals surface area contributed by atoms with Crippen molar-refractivity contribution in [1.29, 1.82) is 0 Å². The zero-order valence-corrected chi connectivity index (χ0v) is 8.16. The Morgan fingerprint density at radius 3 is 2.21 bits per heavy atom. The van der Waals surface area contributed by atoms with E-state index in [1.807, 2.05) is 0 Å². The van der Waals surface area contributed by atoms with Crippen molar-refractivity contribution in [3.8, 4) is 0 Å². The van der Waals surface area contributed by atoms with Gasteiger partial charge in [0.2, 0.25) is 5.78 Å². The molecule has 0 aliphatic heterocycles. The van der Waals surface area contributed by atoms with Crippen LogP contribution in [0.15, 0.2) is 0 Å². The summed E-state index contributed by atoms with van der Waals surface area (Å²) in [7, 11) is 0. The second-order valence-electron chi connectivity index (χ2n) is 2.94. The summed E-state index contributed by atoms with van der Waals surface area (Å²) in [6.07, 6.45) is 1.69. The van der Waals surface area contributed by atoms with E-state index in [1.165, 1.54) is 0 Å². The minimum Gasteiger partial charge on any atom is -0.396 e. The van der Waals surface area contributed by atoms with Crippen LogP contribution >= 0.6 is 0 Å². The Bertz CT molecular complexity index is 162. The summed E-state index contributed by atoms with van der Waals surface area (Å²) < 4.78 is 0. The number of rotatable bonds is 8. The zero-order chi connectivity index (χ0) is 10.8. The summed E-state index contributed by atoms with van der Waals surface area (Å²) >= 11 is 0. The predicted octanol–water partition coefficient (Wildman–Crippen LogP) is -0.783. The fraction of sp³-hybridized carbons (Fsp3) is 0.778. The smallest absolute Gasteiger partial charge is 0.287 e. The largest absolute Gasteiger partial charge is 0.396 e. The van der Waals surface area contributed by atoms with Crippen LogP contribution in [0.25, 0.3) is 0 Å². The van der Waals surface area contributed by atoms with Crippen LogP contribution in [0.5, 0.6) is 0 Å². The molecule has 5 nitrogen and oxygen atoms in total. The highest BCUT2D eigenvalue weighted by Gasteiger charge is 2.11. The molecule has 82 valence electrons. The van der Waals surface area contributed by atoms with Gasteiger partial charge in [-0.3, -0.25) is 9.59 Å². The maximum atomic E-state index is 11.1. The summed E-state index contributed by atoms with van der Waals surface area (Å²) in [6, 6.07) is 0. The van der Waals surface area contributed by atoms with E-state index in [-0.39, 0.29) is 19.6 Å². The summed E-state index contributed by atoms with van der Waals surface area (Å²) in [4.78, 5) is 22.1. The first kappa shape index (κ1) is 13.1. The second kappa shape index (κ2) is 8.65. The van der Waals surface area contributed by atoms with E-state index in [9.17, 15) is 9.59 Å². The molecule has 5 heteroatoms. The molecule has 0 saturated heterocycles. The van der Waals surface area contributed by atoms with Crippen molar-refractivity contribution >= 4 is 11.7 Å². The Hall–Kier alpha value is -0.940. The van der Waals surface area contributed by atoms with Crippen LogP contribution in [0.1, 0.15) is 25.7 Å². The third-order valence-corrected chi connectivity index (χ3v) is 1.69. The number of amides is 1. The predicted molar refractivity (Wildman–Crippen MR) is 50.7 cm³/mol. The number of carbonyl (C=O) groups is 2. The van der Waals surface area contributed by atoms with Crippen molar-refractivity contribution in [2.75, 3.05) is 19.8 Å². The normalized spacial score (nSPS) is 9.86. The molecule has 0 atom stereocenters. The molecule has 0 aromatic carbocycles. The Kier molecular flexibility index (Phi) is 8.07. The van der Waals surface area contributed by atoms with Gasteiger partial charge < -0.3 is 15.5 Å². The minimum atomic E-state index is -0.601. The van der Waals surface area contributed by atoms with Crippen molar-refractivity contribution in [3.63, 3.8) is 0 Å². The topological polar surface area (TPSA) is 86.6 Å². The molecule has 0 unspecified atom stereocenters. The van der Waals surface area contributed by atoms with Gasteiger partial charge in [0.15, 0.2) is 0 Å². The number of unbranched alkanes of at least 4 members (excludes halogenated alkanes) is 1. The average molecular weight is 203 g/mol. The number of nitrogens with one attached hydrogen (secondary N) is 1. The van der Waals surface area contributed by atoms with Gasteiger partial charge in [-0.15, -0.1) is 0 Å². The van der Waals surface area contributed by atoms with Crippen LogP contribution in [0, 0.1) is 0 Å². The Morgan fingerprint density at radius 1 is 1.00 bits per heavy atom. The monoisotopic (exact) mass is 203 g/mol. The molecule has 0 rings (SSSR count). The molecule has 0 aromatic rings. The number of hydrogen-bond acceptors (Lipinski definition) is 4. The first-order chi connectivity index (χ1) is 6.72. The fourth-order valence-corrected chi connectivity index (χ4v) is 0.890. The highest BCUT2D eigenvalue weighted by molar-refractivity contribution is 6.36. The van der Waals surface area contributed by atoms with Crippen LogP contribution in [-0.4, -0.2) is 41.7 Å². The van der Waals surface area contributed by atoms with Gasteiger partial charge in [0.1, 0.15) is 0 Å². The first-order valence-electron chi connectivity index (χ1n) is 4.75. The standard InChI is InChI=1S/C9H17NO4/c11-6-2-1-4-8(13)9(14)10-5-3-7-12/h11-12H,1-7H2,(H,10,14). The number of aliphatic hydroxyl groups is 2. The van der Waals surface area contributed by atoms with Gasteiger partial charge in [0, 0.05) is 26.2 Å². The molecule has 0 bridgehead atoms. The summed E-state index contributed by atoms with van der Waals surface area (Å²) in [5.41, 5.74) is 0. The molecule has 0 heterocycles. The number of carbonyl (C=O) groups excluding carboxylic acids is 2. The molecule has 0 fully saturated rings. The molecule has 0 spiro atoms. The Balaban J connectivity index is 3.50. The van der Waals surface area contributed by atoms with E-state index in [4.69, 9.17) is 10.2 Å². The van der Waals surface area contributed by atoms with Gasteiger partial charge in [-0.2, -0.15) is 0 Å². The number of ketones is 1. The first-order valence-corrected chi connectivity index (χ1v) is 4.75. The Morgan fingerprint density at radius 2 is 1.64 bits per heavy atom. The minimum absolute atomic E-state index is 0.00101. The van der Waals surface area contributed by atoms with Gasteiger partial charge >= 0.3 is 0 Å². The average Bonchev–Trinajstić information content (AvgIpc) is 2.18. The zero-order valence-electron chi connectivity index (χ0n) is 8.16. The third kappa shape index (κ3) is 6.56. The summed E-state index contributed by atoms with van der Waals surface area (Å²) in [6.45, 7) is 0.361. The van der Waals surface area contributed by atoms with E-state index in [1.54, 1.807) is 0 Å². The van der Waals surface area contributed by atoms with Crippen LogP contribution < -0.4 is 5.32 Å². The van der Waals surface area contributed by atoms with Crippen molar-refractivity contribution < 1.29 is 19.8 Å². The molecular weight excluding hydrogens is 186 g/mol. The van der Waals surface area contributed by atoms with E-state index >= 15 is 0 Å². The van der Waals surface area contributed by atoms with Crippen molar-refractivity contribution in [1.82, 2.24) is 5.32 Å². The highest BCUT2D eigenvalue weighted by Crippen LogP contribution is 1.95. The maximum absolute atomic E-state index is 11.1. The van der Waals surface area contributed by atoms with Crippen molar-refractivity contribution in [2.24, 2.45) is 0 Å². The summed E-state index contributed by atoms with van der Waals surface area (Å²) in [5, 5.41) is 19.3. The molecule has 3 N–H and O–H groups in total. The Labute approximate surface area is 83.1 Å². The number of aliphatic hydroxyl groups excluding tert-OH is 2. The lowest BCUT2D eigenvalue weighted by Gasteiger charge is -2.02. The van der Waals surface area contributed by atoms with Gasteiger partial charge in [0.05, 0.1) is 0 Å². The van der Waals surface area contributed by atoms with Gasteiger partial charge in [-0.25, -0.2) is 0 Å². The highest BCUT2D eigenvalue weighted by atomic mass is 16.3. The lowest BCUT2D eigenvalue weighted by molar-refractivity contribution is -0.138. The van der Waals surface area contributed by atoms with Gasteiger partial charge in [0.25, 0.3) is 5.91 Å². The van der Waals surface area contributed by atoms with Crippen LogP contribution in [-0.2, 0) is 9.59 Å². The molecule has 0 aliphatic carbocycles. The summed E-state index contributed by atoms with van der Waals surface area (Å²) in [5.74, 6) is -1.06. The third-order valence-electron chi connectivity index (χ3n) is 1.69. The molecule has 0 aliphatic rings. The lowest BCUT2D eigenvalue weighted by Crippen LogP contribution is -2.31. The molecule has 0 radical (unpaired) electrons. The van der Waals surface area contributed by atoms with E-state index in [0.717, 1.165) is 0 Å². The van der Waals surface area contributed by atoms with Crippen molar-refractivity contribution in [3.05, 3.63) is 0 Å². The lowest BCUT2D eigenvalue weighted by atomic mass is 10.2. The quantitative estimate of drug-likeness (QED) is 0.356.